The normalized spacial score (nSPS) is 15.1. The van der Waals surface area contributed by atoms with E-state index in [0.717, 1.165) is 25.0 Å². The lowest BCUT2D eigenvalue weighted by atomic mass is 10.1. The maximum Gasteiger partial charge on any atom is 0.248 e. The minimum atomic E-state index is 0.103. The highest BCUT2D eigenvalue weighted by atomic mass is 16.2. The Balaban J connectivity index is 1.78. The molecule has 0 saturated heterocycles. The average molecular weight is 245 g/mol. The van der Waals surface area contributed by atoms with Crippen molar-refractivity contribution in [2.75, 3.05) is 13.1 Å². The summed E-state index contributed by atoms with van der Waals surface area (Å²) in [6.45, 7) is 1.26. The van der Waals surface area contributed by atoms with Crippen LogP contribution < -0.4 is 5.73 Å². The van der Waals surface area contributed by atoms with Crippen molar-refractivity contribution in [3.05, 3.63) is 35.9 Å². The van der Waals surface area contributed by atoms with Gasteiger partial charge in [-0.1, -0.05) is 30.3 Å². The Morgan fingerprint density at radius 3 is 2.72 bits per heavy atom. The predicted octanol–water partition coefficient (Wildman–Crippen LogP) is 1.56. The Kier molecular flexibility index (Phi) is 4.47. The number of benzene rings is 1. The zero-order valence-electron chi connectivity index (χ0n) is 10.5. The first kappa shape index (κ1) is 12.8. The second-order valence-corrected chi connectivity index (χ2v) is 4.49. The van der Waals surface area contributed by atoms with Gasteiger partial charge in [-0.15, -0.1) is 0 Å². The van der Waals surface area contributed by atoms with Crippen LogP contribution >= 0.6 is 0 Å². The summed E-state index contributed by atoms with van der Waals surface area (Å²) in [4.78, 5) is 11.7. The molecular weight excluding hydrogens is 226 g/mol. The Morgan fingerprint density at radius 1 is 1.22 bits per heavy atom. The van der Waals surface area contributed by atoms with Gasteiger partial charge in [-0.05, 0) is 24.9 Å². The SMILES string of the molecule is NCCC1=NN(CCCc2ccccc2)C(=O)C1. The molecule has 1 heterocycles. The van der Waals surface area contributed by atoms with E-state index in [0.29, 0.717) is 19.5 Å². The molecule has 1 aromatic rings. The number of amides is 1. The largest absolute Gasteiger partial charge is 0.330 e. The molecule has 2 rings (SSSR count). The summed E-state index contributed by atoms with van der Waals surface area (Å²) >= 11 is 0. The summed E-state index contributed by atoms with van der Waals surface area (Å²) in [5, 5.41) is 5.90. The number of carbonyl (C=O) groups is 1. The minimum absolute atomic E-state index is 0.103. The van der Waals surface area contributed by atoms with E-state index in [1.165, 1.54) is 5.56 Å². The average Bonchev–Trinajstić information content (AvgIpc) is 2.72. The molecule has 4 nitrogen and oxygen atoms in total. The zero-order chi connectivity index (χ0) is 12.8. The molecule has 0 fully saturated rings. The van der Waals surface area contributed by atoms with Crippen molar-refractivity contribution in [3.63, 3.8) is 0 Å². The van der Waals surface area contributed by atoms with Gasteiger partial charge in [0.15, 0.2) is 0 Å². The number of carbonyl (C=O) groups excluding carboxylic acids is 1. The van der Waals surface area contributed by atoms with E-state index in [-0.39, 0.29) is 5.91 Å². The number of rotatable bonds is 6. The van der Waals surface area contributed by atoms with Crippen molar-refractivity contribution >= 4 is 11.6 Å². The van der Waals surface area contributed by atoms with Crippen LogP contribution in [0.25, 0.3) is 0 Å². The fourth-order valence-electron chi connectivity index (χ4n) is 2.08. The lowest BCUT2D eigenvalue weighted by molar-refractivity contribution is -0.128. The first-order valence-corrected chi connectivity index (χ1v) is 6.40. The van der Waals surface area contributed by atoms with E-state index in [1.807, 2.05) is 18.2 Å². The Hall–Kier alpha value is -1.68. The zero-order valence-corrected chi connectivity index (χ0v) is 10.5. The van der Waals surface area contributed by atoms with Crippen LogP contribution in [0.15, 0.2) is 35.4 Å². The first-order chi connectivity index (χ1) is 8.79. The van der Waals surface area contributed by atoms with Crippen LogP contribution in [0.2, 0.25) is 0 Å². The van der Waals surface area contributed by atoms with Crippen molar-refractivity contribution in [2.45, 2.75) is 25.7 Å². The molecule has 0 aromatic heterocycles. The highest BCUT2D eigenvalue weighted by Gasteiger charge is 2.22. The summed E-state index contributed by atoms with van der Waals surface area (Å²) in [6, 6.07) is 10.3. The van der Waals surface area contributed by atoms with Crippen molar-refractivity contribution in [3.8, 4) is 0 Å². The molecule has 0 atom stereocenters. The topological polar surface area (TPSA) is 58.7 Å². The molecule has 0 spiro atoms. The van der Waals surface area contributed by atoms with Gasteiger partial charge >= 0.3 is 0 Å². The standard InChI is InChI=1S/C14H19N3O/c15-9-8-13-11-14(18)17(16-13)10-4-7-12-5-2-1-3-6-12/h1-3,5-6H,4,7-11,15H2. The van der Waals surface area contributed by atoms with Gasteiger partial charge in [0.2, 0.25) is 5.91 Å². The molecule has 1 aliphatic heterocycles. The van der Waals surface area contributed by atoms with Crippen molar-refractivity contribution in [2.24, 2.45) is 10.8 Å². The van der Waals surface area contributed by atoms with Crippen LogP contribution in [0.1, 0.15) is 24.8 Å². The van der Waals surface area contributed by atoms with Crippen LogP contribution in [-0.2, 0) is 11.2 Å². The van der Waals surface area contributed by atoms with Crippen LogP contribution in [0.3, 0.4) is 0 Å². The van der Waals surface area contributed by atoms with Crippen LogP contribution in [0.4, 0.5) is 0 Å². The van der Waals surface area contributed by atoms with E-state index in [4.69, 9.17) is 5.73 Å². The highest BCUT2D eigenvalue weighted by molar-refractivity contribution is 6.04. The molecule has 0 bridgehead atoms. The third kappa shape index (κ3) is 3.40. The maximum atomic E-state index is 11.7. The summed E-state index contributed by atoms with van der Waals surface area (Å²) in [5.74, 6) is 0.103. The quantitative estimate of drug-likeness (QED) is 0.826. The van der Waals surface area contributed by atoms with Gasteiger partial charge in [0.05, 0.1) is 6.42 Å². The van der Waals surface area contributed by atoms with Gasteiger partial charge in [-0.3, -0.25) is 4.79 Å². The molecule has 18 heavy (non-hydrogen) atoms. The number of hydrazone groups is 1. The fraction of sp³-hybridized carbons (Fsp3) is 0.429. The van der Waals surface area contributed by atoms with Crippen molar-refractivity contribution in [1.82, 2.24) is 5.01 Å². The van der Waals surface area contributed by atoms with Crippen molar-refractivity contribution in [1.29, 1.82) is 0 Å². The minimum Gasteiger partial charge on any atom is -0.330 e. The molecule has 1 amide bonds. The van der Waals surface area contributed by atoms with E-state index < -0.39 is 0 Å². The molecule has 2 N–H and O–H groups in total. The lowest BCUT2D eigenvalue weighted by Crippen LogP contribution is -2.22. The van der Waals surface area contributed by atoms with Crippen LogP contribution in [0, 0.1) is 0 Å². The van der Waals surface area contributed by atoms with E-state index >= 15 is 0 Å². The Bertz CT molecular complexity index is 428. The lowest BCUT2D eigenvalue weighted by Gasteiger charge is -2.11. The van der Waals surface area contributed by atoms with Gasteiger partial charge in [0, 0.05) is 18.7 Å². The molecule has 0 aliphatic carbocycles. The molecule has 0 radical (unpaired) electrons. The smallest absolute Gasteiger partial charge is 0.248 e. The molecule has 0 saturated carbocycles. The summed E-state index contributed by atoms with van der Waals surface area (Å²) in [7, 11) is 0. The molecule has 1 aromatic carbocycles. The van der Waals surface area contributed by atoms with Gasteiger partial charge in [-0.2, -0.15) is 5.10 Å². The fourth-order valence-corrected chi connectivity index (χ4v) is 2.08. The Morgan fingerprint density at radius 2 is 2.00 bits per heavy atom. The maximum absolute atomic E-state index is 11.7. The first-order valence-electron chi connectivity index (χ1n) is 6.40. The van der Waals surface area contributed by atoms with Crippen LogP contribution in [0.5, 0.6) is 0 Å². The van der Waals surface area contributed by atoms with E-state index in [1.54, 1.807) is 5.01 Å². The van der Waals surface area contributed by atoms with Gasteiger partial charge in [-0.25, -0.2) is 5.01 Å². The predicted molar refractivity (Wildman–Crippen MR) is 72.2 cm³/mol. The van der Waals surface area contributed by atoms with Gasteiger partial charge in [0.1, 0.15) is 0 Å². The molecule has 0 unspecified atom stereocenters. The Labute approximate surface area is 107 Å². The number of aryl methyl sites for hydroxylation is 1. The third-order valence-electron chi connectivity index (χ3n) is 3.02. The number of hydrogen-bond acceptors (Lipinski definition) is 3. The van der Waals surface area contributed by atoms with Crippen LogP contribution in [-0.4, -0.2) is 29.7 Å². The monoisotopic (exact) mass is 245 g/mol. The van der Waals surface area contributed by atoms with Gasteiger partial charge < -0.3 is 5.73 Å². The second-order valence-electron chi connectivity index (χ2n) is 4.49. The summed E-state index contributed by atoms with van der Waals surface area (Å²) in [5.41, 5.74) is 7.68. The highest BCUT2D eigenvalue weighted by Crippen LogP contribution is 2.12. The second kappa shape index (κ2) is 6.31. The van der Waals surface area contributed by atoms with E-state index in [9.17, 15) is 4.79 Å². The summed E-state index contributed by atoms with van der Waals surface area (Å²) < 4.78 is 0. The molecule has 96 valence electrons. The van der Waals surface area contributed by atoms with Gasteiger partial charge in [0.25, 0.3) is 0 Å². The van der Waals surface area contributed by atoms with Crippen molar-refractivity contribution < 1.29 is 4.79 Å². The third-order valence-corrected chi connectivity index (χ3v) is 3.02. The number of hydrogen-bond donors (Lipinski definition) is 1. The molecule has 1 aliphatic rings. The molecule has 4 heteroatoms. The van der Waals surface area contributed by atoms with E-state index in [2.05, 4.69) is 17.2 Å². The number of nitrogens with two attached hydrogens (primary N) is 1. The number of nitrogens with zero attached hydrogens (tertiary/aromatic N) is 2. The molecular formula is C14H19N3O. The summed E-state index contributed by atoms with van der Waals surface area (Å²) in [6.07, 6.45) is 3.09.